The van der Waals surface area contributed by atoms with Crippen LogP contribution in [0.25, 0.3) is 22.3 Å². The molecule has 55 heavy (non-hydrogen) atoms. The average Bonchev–Trinajstić information content (AvgIpc) is 3.15. The first kappa shape index (κ1) is 37.6. The van der Waals surface area contributed by atoms with E-state index in [0.717, 1.165) is 33.6 Å². The lowest BCUT2D eigenvalue weighted by molar-refractivity contribution is 0.522. The Morgan fingerprint density at radius 1 is 0.400 bits per heavy atom. The summed E-state index contributed by atoms with van der Waals surface area (Å²) in [5.41, 5.74) is 8.85. The van der Waals surface area contributed by atoms with Crippen LogP contribution in [0, 0.1) is 11.6 Å². The Balaban J connectivity index is 1.50. The molecule has 276 valence electrons. The van der Waals surface area contributed by atoms with Crippen molar-refractivity contribution in [3.8, 4) is 22.3 Å². The van der Waals surface area contributed by atoms with Crippen molar-refractivity contribution in [3.63, 3.8) is 0 Å². The molecule has 7 aromatic rings. The number of rotatable bonds is 8. The van der Waals surface area contributed by atoms with E-state index in [9.17, 15) is 0 Å². The van der Waals surface area contributed by atoms with E-state index in [2.05, 4.69) is 46.2 Å². The number of nitrogens with zero attached hydrogens (tertiary/aromatic N) is 2. The van der Waals surface area contributed by atoms with Crippen molar-refractivity contribution in [2.24, 2.45) is 0 Å². The van der Waals surface area contributed by atoms with Gasteiger partial charge in [-0.05, 0) is 87.7 Å². The van der Waals surface area contributed by atoms with E-state index in [-0.39, 0.29) is 22.5 Å². The molecule has 0 bridgehead atoms. The van der Waals surface area contributed by atoms with Gasteiger partial charge < -0.3 is 9.80 Å². The van der Waals surface area contributed by atoms with Gasteiger partial charge in [-0.15, -0.1) is 0 Å². The summed E-state index contributed by atoms with van der Waals surface area (Å²) in [6.07, 6.45) is 0. The summed E-state index contributed by atoms with van der Waals surface area (Å²) in [7, 11) is 0. The third-order valence-corrected chi connectivity index (χ3v) is 10.1. The Labute approximate surface area is 329 Å². The molecule has 7 aromatic carbocycles. The summed E-state index contributed by atoms with van der Waals surface area (Å²) in [4.78, 5) is 4.11. The average molecular weight is 747 g/mol. The first-order chi connectivity index (χ1) is 26.3. The Kier molecular flexibility index (Phi) is 10.4. The first-order valence-electron chi connectivity index (χ1n) is 18.6. The summed E-state index contributed by atoms with van der Waals surface area (Å²) in [6.45, 7) is 12.1. The first-order valence-corrected chi connectivity index (χ1v) is 19.0. The van der Waals surface area contributed by atoms with Gasteiger partial charge in [0.1, 0.15) is 11.6 Å². The lowest BCUT2D eigenvalue weighted by atomic mass is 9.86. The molecule has 0 saturated heterocycles. The molecule has 0 N–H and O–H groups in total. The van der Waals surface area contributed by atoms with Crippen LogP contribution in [0.3, 0.4) is 0 Å². The molecule has 0 heterocycles. The quantitative estimate of drug-likeness (QED) is 0.153. The van der Waals surface area contributed by atoms with Crippen LogP contribution in [0.2, 0.25) is 5.02 Å². The van der Waals surface area contributed by atoms with Crippen LogP contribution >= 0.6 is 11.6 Å². The van der Waals surface area contributed by atoms with E-state index in [0.29, 0.717) is 38.9 Å². The molecule has 0 aliphatic rings. The molecular formula is C50H45ClF2N2. The van der Waals surface area contributed by atoms with E-state index in [4.69, 9.17) is 11.6 Å². The Bertz CT molecular complexity index is 2280. The van der Waals surface area contributed by atoms with Crippen LogP contribution in [-0.2, 0) is 10.8 Å². The number of hydrogen-bond acceptors (Lipinski definition) is 2. The van der Waals surface area contributed by atoms with Gasteiger partial charge in [-0.1, -0.05) is 162 Å². The molecule has 0 unspecified atom stereocenters. The molecular weight excluding hydrogens is 702 g/mol. The summed E-state index contributed by atoms with van der Waals surface area (Å²) >= 11 is 7.13. The molecule has 0 aliphatic heterocycles. The molecule has 0 aromatic heterocycles. The Morgan fingerprint density at radius 3 is 1.13 bits per heavy atom. The van der Waals surface area contributed by atoms with Crippen molar-refractivity contribution >= 4 is 45.7 Å². The smallest absolute Gasteiger partial charge is 0.129 e. The highest BCUT2D eigenvalue weighted by Gasteiger charge is 2.26. The number of anilines is 6. The van der Waals surface area contributed by atoms with Crippen LogP contribution in [-0.4, -0.2) is 0 Å². The maximum absolute atomic E-state index is 16.2. The van der Waals surface area contributed by atoms with E-state index in [1.165, 1.54) is 0 Å². The number of para-hydroxylation sites is 2. The topological polar surface area (TPSA) is 6.48 Å². The largest absolute Gasteiger partial charge is 0.310 e. The van der Waals surface area contributed by atoms with Crippen LogP contribution in [0.15, 0.2) is 164 Å². The molecule has 2 nitrogen and oxygen atoms in total. The fourth-order valence-corrected chi connectivity index (χ4v) is 7.46. The van der Waals surface area contributed by atoms with Crippen molar-refractivity contribution in [3.05, 3.63) is 192 Å². The van der Waals surface area contributed by atoms with Crippen LogP contribution < -0.4 is 9.80 Å². The molecule has 7 rings (SSSR count). The molecule has 0 radical (unpaired) electrons. The van der Waals surface area contributed by atoms with Crippen molar-refractivity contribution in [1.29, 1.82) is 0 Å². The molecule has 0 saturated carbocycles. The minimum absolute atomic E-state index is 0.290. The van der Waals surface area contributed by atoms with Gasteiger partial charge >= 0.3 is 0 Å². The molecule has 0 spiro atoms. The molecule has 0 fully saturated rings. The second kappa shape index (κ2) is 15.2. The minimum atomic E-state index is -0.386. The maximum atomic E-state index is 16.2. The van der Waals surface area contributed by atoms with Crippen LogP contribution in [0.5, 0.6) is 0 Å². The third-order valence-electron chi connectivity index (χ3n) is 9.88. The maximum Gasteiger partial charge on any atom is 0.129 e. The third kappa shape index (κ3) is 7.92. The van der Waals surface area contributed by atoms with Crippen molar-refractivity contribution in [2.75, 3.05) is 9.80 Å². The monoisotopic (exact) mass is 746 g/mol. The van der Waals surface area contributed by atoms with Gasteiger partial charge in [0, 0.05) is 38.9 Å². The van der Waals surface area contributed by atoms with Crippen LogP contribution in [0.1, 0.15) is 52.7 Å². The summed E-state index contributed by atoms with van der Waals surface area (Å²) < 4.78 is 32.3. The number of halogens is 3. The van der Waals surface area contributed by atoms with Gasteiger partial charge in [0.2, 0.25) is 0 Å². The highest BCUT2D eigenvalue weighted by atomic mass is 35.5. The van der Waals surface area contributed by atoms with Crippen LogP contribution in [0.4, 0.5) is 42.9 Å². The lowest BCUT2D eigenvalue weighted by Gasteiger charge is -2.32. The standard InChI is InChI=1S/C50H45ClF2N2/c1-49(2,3)43-27-25-37(32-45(43)52)54(47-23-15-13-21-41(47)34-17-9-7-10-18-34)39-29-36(51)30-40(31-39)55(38-26-28-44(46(53)33-38)50(4,5)6)48-24-16-14-22-42(48)35-19-11-8-12-20-35/h7-33H,1-6H3. The highest BCUT2D eigenvalue weighted by molar-refractivity contribution is 6.31. The summed E-state index contributed by atoms with van der Waals surface area (Å²) in [5, 5.41) is 0.468. The Hall–Kier alpha value is -5.71. The van der Waals surface area contributed by atoms with Crippen molar-refractivity contribution in [1.82, 2.24) is 0 Å². The normalized spacial score (nSPS) is 11.7. The predicted octanol–water partition coefficient (Wildman–Crippen LogP) is 15.5. The summed E-state index contributed by atoms with van der Waals surface area (Å²) in [5.74, 6) is -0.579. The van der Waals surface area contributed by atoms with E-state index < -0.39 is 0 Å². The van der Waals surface area contributed by atoms with Gasteiger partial charge in [0.05, 0.1) is 11.4 Å². The molecule has 0 amide bonds. The zero-order valence-electron chi connectivity index (χ0n) is 32.1. The zero-order valence-corrected chi connectivity index (χ0v) is 32.9. The number of benzene rings is 7. The van der Waals surface area contributed by atoms with Gasteiger partial charge in [-0.3, -0.25) is 0 Å². The second-order valence-corrected chi connectivity index (χ2v) is 16.4. The fraction of sp³-hybridized carbons (Fsp3) is 0.160. The van der Waals surface area contributed by atoms with E-state index in [1.54, 1.807) is 12.1 Å². The van der Waals surface area contributed by atoms with E-state index >= 15 is 8.78 Å². The highest BCUT2D eigenvalue weighted by Crippen LogP contribution is 2.47. The fourth-order valence-electron chi connectivity index (χ4n) is 7.24. The molecule has 0 aliphatic carbocycles. The minimum Gasteiger partial charge on any atom is -0.310 e. The molecule has 5 heteroatoms. The van der Waals surface area contributed by atoms with Crippen molar-refractivity contribution < 1.29 is 8.78 Å². The molecule has 0 atom stereocenters. The van der Waals surface area contributed by atoms with Gasteiger partial charge in [0.15, 0.2) is 0 Å². The Morgan fingerprint density at radius 2 is 0.764 bits per heavy atom. The van der Waals surface area contributed by atoms with Gasteiger partial charge in [-0.25, -0.2) is 8.78 Å². The SMILES string of the molecule is CC(C)(C)c1ccc(N(c2cc(Cl)cc(N(c3ccc(C(C)(C)C)c(F)c3)c3ccccc3-c3ccccc3)c2)c2ccccc2-c2ccccc2)cc1F. The van der Waals surface area contributed by atoms with E-state index in [1.807, 2.05) is 157 Å². The van der Waals surface area contributed by atoms with Gasteiger partial charge in [0.25, 0.3) is 0 Å². The zero-order chi connectivity index (χ0) is 38.9. The number of hydrogen-bond donors (Lipinski definition) is 0. The van der Waals surface area contributed by atoms with Crippen molar-refractivity contribution in [2.45, 2.75) is 52.4 Å². The predicted molar refractivity (Wildman–Crippen MR) is 229 cm³/mol. The van der Waals surface area contributed by atoms with Gasteiger partial charge in [-0.2, -0.15) is 0 Å². The second-order valence-electron chi connectivity index (χ2n) is 15.9. The summed E-state index contributed by atoms with van der Waals surface area (Å²) in [6, 6.07) is 53.3. The lowest BCUT2D eigenvalue weighted by Crippen LogP contribution is -2.17.